The average Bonchev–Trinajstić information content (AvgIpc) is 2.73. The van der Waals surface area contributed by atoms with Crippen LogP contribution < -0.4 is 0 Å². The number of aliphatic hydroxyl groups excluding tert-OH is 1. The molecule has 4 rings (SSSR count). The fraction of sp³-hybridized carbons (Fsp3) is 0.682. The van der Waals surface area contributed by atoms with Gasteiger partial charge in [-0.05, 0) is 49.7 Å². The van der Waals surface area contributed by atoms with Crippen molar-refractivity contribution in [2.45, 2.75) is 57.0 Å². The van der Waals surface area contributed by atoms with Crippen LogP contribution in [-0.2, 0) is 4.79 Å². The first-order valence-corrected chi connectivity index (χ1v) is 10.8. The highest BCUT2D eigenvalue weighted by atomic mass is 19.3. The second kappa shape index (κ2) is 8.21. The Hall–Kier alpha value is -2.09. The van der Waals surface area contributed by atoms with Gasteiger partial charge in [-0.2, -0.15) is 0 Å². The summed E-state index contributed by atoms with van der Waals surface area (Å²) in [6.45, 7) is 1.95. The van der Waals surface area contributed by atoms with E-state index in [-0.39, 0.29) is 48.8 Å². The zero-order chi connectivity index (χ0) is 21.4. The van der Waals surface area contributed by atoms with Crippen molar-refractivity contribution in [1.29, 1.82) is 0 Å². The molecule has 1 spiro atoms. The standard InChI is InChI=1S/C22H29F2N3O3/c23-22(24)5-3-16(4-6-22)19(29)26-10-7-21(8-11-26)12-18(28)14-27(15-21)20(30)17-2-1-9-25-13-17/h1-2,9,13,16,18,28H,3-8,10-12,14-15H2. The van der Waals surface area contributed by atoms with Crippen LogP contribution in [0.1, 0.15) is 55.3 Å². The molecule has 1 saturated carbocycles. The summed E-state index contributed by atoms with van der Waals surface area (Å²) in [4.78, 5) is 33.2. The smallest absolute Gasteiger partial charge is 0.255 e. The van der Waals surface area contributed by atoms with E-state index in [0.29, 0.717) is 51.0 Å². The Morgan fingerprint density at radius 3 is 2.43 bits per heavy atom. The van der Waals surface area contributed by atoms with E-state index >= 15 is 0 Å². The predicted molar refractivity (Wildman–Crippen MR) is 106 cm³/mol. The monoisotopic (exact) mass is 421 g/mol. The topological polar surface area (TPSA) is 73.7 Å². The summed E-state index contributed by atoms with van der Waals surface area (Å²) in [6, 6.07) is 3.44. The average molecular weight is 421 g/mol. The molecule has 2 aliphatic heterocycles. The number of likely N-dealkylation sites (tertiary alicyclic amines) is 2. The van der Waals surface area contributed by atoms with Crippen molar-refractivity contribution < 1.29 is 23.5 Å². The lowest BCUT2D eigenvalue weighted by molar-refractivity contribution is -0.143. The SMILES string of the molecule is O=C(c1cccnc1)N1CC(O)CC2(CCN(C(=O)C3CCC(F)(F)CC3)CC2)C1. The van der Waals surface area contributed by atoms with Crippen molar-refractivity contribution >= 4 is 11.8 Å². The van der Waals surface area contributed by atoms with E-state index in [1.165, 1.54) is 6.20 Å². The molecular weight excluding hydrogens is 392 g/mol. The zero-order valence-electron chi connectivity index (χ0n) is 17.1. The number of carbonyl (C=O) groups is 2. The number of alkyl halides is 2. The maximum absolute atomic E-state index is 13.4. The van der Waals surface area contributed by atoms with Gasteiger partial charge in [0.05, 0.1) is 11.7 Å². The summed E-state index contributed by atoms with van der Waals surface area (Å²) in [5.74, 6) is -3.09. The van der Waals surface area contributed by atoms with Crippen LogP contribution in [-0.4, -0.2) is 69.9 Å². The van der Waals surface area contributed by atoms with Crippen LogP contribution in [0.5, 0.6) is 0 Å². The summed E-state index contributed by atoms with van der Waals surface area (Å²) < 4.78 is 26.8. The highest BCUT2D eigenvalue weighted by Gasteiger charge is 2.45. The molecule has 3 aliphatic rings. The molecule has 0 aromatic carbocycles. The number of pyridine rings is 1. The number of halogens is 2. The van der Waals surface area contributed by atoms with Gasteiger partial charge in [-0.15, -0.1) is 0 Å². The van der Waals surface area contributed by atoms with Gasteiger partial charge in [0.15, 0.2) is 0 Å². The van der Waals surface area contributed by atoms with Crippen molar-refractivity contribution in [2.75, 3.05) is 26.2 Å². The van der Waals surface area contributed by atoms with Crippen LogP contribution in [0.25, 0.3) is 0 Å². The van der Waals surface area contributed by atoms with Crippen LogP contribution in [0.4, 0.5) is 8.78 Å². The first-order valence-electron chi connectivity index (χ1n) is 10.8. The number of β-amino-alcohol motifs (C(OH)–C–C–N with tert-alkyl or cyclic N) is 1. The largest absolute Gasteiger partial charge is 0.391 e. The molecule has 1 N–H and O–H groups in total. The zero-order valence-corrected chi connectivity index (χ0v) is 17.1. The summed E-state index contributed by atoms with van der Waals surface area (Å²) >= 11 is 0. The molecular formula is C22H29F2N3O3. The summed E-state index contributed by atoms with van der Waals surface area (Å²) in [5, 5.41) is 10.5. The number of nitrogens with zero attached hydrogens (tertiary/aromatic N) is 3. The maximum atomic E-state index is 13.4. The minimum absolute atomic E-state index is 0.0139. The fourth-order valence-corrected chi connectivity index (χ4v) is 5.29. The molecule has 164 valence electrons. The number of aromatic nitrogens is 1. The van der Waals surface area contributed by atoms with Gasteiger partial charge in [-0.25, -0.2) is 8.78 Å². The molecule has 2 saturated heterocycles. The summed E-state index contributed by atoms with van der Waals surface area (Å²) in [7, 11) is 0. The van der Waals surface area contributed by atoms with Gasteiger partial charge in [-0.1, -0.05) is 0 Å². The molecule has 2 amide bonds. The van der Waals surface area contributed by atoms with Crippen LogP contribution in [0.2, 0.25) is 0 Å². The van der Waals surface area contributed by atoms with E-state index in [4.69, 9.17) is 0 Å². The van der Waals surface area contributed by atoms with Crippen molar-refractivity contribution in [3.05, 3.63) is 30.1 Å². The molecule has 3 heterocycles. The third-order valence-corrected chi connectivity index (χ3v) is 7.02. The Balaban J connectivity index is 1.37. The molecule has 0 bridgehead atoms. The van der Waals surface area contributed by atoms with Crippen LogP contribution >= 0.6 is 0 Å². The number of aliphatic hydroxyl groups is 1. The van der Waals surface area contributed by atoms with Gasteiger partial charge in [0.1, 0.15) is 0 Å². The van der Waals surface area contributed by atoms with Gasteiger partial charge in [0.25, 0.3) is 5.91 Å². The normalized spacial score (nSPS) is 26.6. The third-order valence-electron chi connectivity index (χ3n) is 7.02. The van der Waals surface area contributed by atoms with Gasteiger partial charge < -0.3 is 14.9 Å². The van der Waals surface area contributed by atoms with Gasteiger partial charge in [0.2, 0.25) is 11.8 Å². The number of carbonyl (C=O) groups excluding carboxylic acids is 2. The number of amides is 2. The van der Waals surface area contributed by atoms with E-state index < -0.39 is 12.0 Å². The second-order valence-electron chi connectivity index (χ2n) is 9.24. The number of rotatable bonds is 2. The molecule has 1 atom stereocenters. The van der Waals surface area contributed by atoms with Gasteiger partial charge in [0, 0.05) is 57.3 Å². The first-order chi connectivity index (χ1) is 14.3. The Morgan fingerprint density at radius 2 is 1.80 bits per heavy atom. The Bertz CT molecular complexity index is 771. The molecule has 1 aliphatic carbocycles. The molecule has 1 aromatic rings. The van der Waals surface area contributed by atoms with Crippen molar-refractivity contribution in [3.63, 3.8) is 0 Å². The lowest BCUT2D eigenvalue weighted by Gasteiger charge is -2.49. The molecule has 6 nitrogen and oxygen atoms in total. The minimum atomic E-state index is -2.63. The number of hydrogen-bond donors (Lipinski definition) is 1. The molecule has 3 fully saturated rings. The van der Waals surface area contributed by atoms with Crippen LogP contribution in [0.15, 0.2) is 24.5 Å². The molecule has 30 heavy (non-hydrogen) atoms. The van der Waals surface area contributed by atoms with Crippen LogP contribution in [0.3, 0.4) is 0 Å². The van der Waals surface area contributed by atoms with E-state index in [1.54, 1.807) is 28.1 Å². The summed E-state index contributed by atoms with van der Waals surface area (Å²) in [5.41, 5.74) is 0.287. The molecule has 1 aromatic heterocycles. The molecule has 8 heteroatoms. The lowest BCUT2D eigenvalue weighted by atomic mass is 9.71. The molecule has 0 radical (unpaired) electrons. The minimum Gasteiger partial charge on any atom is -0.391 e. The highest BCUT2D eigenvalue weighted by molar-refractivity contribution is 5.94. The fourth-order valence-electron chi connectivity index (χ4n) is 5.29. The van der Waals surface area contributed by atoms with Crippen molar-refractivity contribution in [1.82, 2.24) is 14.8 Å². The Labute approximate surface area is 175 Å². The van der Waals surface area contributed by atoms with Gasteiger partial charge >= 0.3 is 0 Å². The van der Waals surface area contributed by atoms with E-state index in [1.807, 2.05) is 0 Å². The Kier molecular flexibility index (Phi) is 5.79. The van der Waals surface area contributed by atoms with Crippen molar-refractivity contribution in [2.24, 2.45) is 11.3 Å². The van der Waals surface area contributed by atoms with Crippen LogP contribution in [0, 0.1) is 11.3 Å². The van der Waals surface area contributed by atoms with Crippen molar-refractivity contribution in [3.8, 4) is 0 Å². The highest BCUT2D eigenvalue weighted by Crippen LogP contribution is 2.42. The second-order valence-corrected chi connectivity index (χ2v) is 9.24. The maximum Gasteiger partial charge on any atom is 0.255 e. The number of hydrogen-bond acceptors (Lipinski definition) is 4. The third kappa shape index (κ3) is 4.48. The first kappa shape index (κ1) is 21.2. The lowest BCUT2D eigenvalue weighted by Crippen LogP contribution is -2.56. The van der Waals surface area contributed by atoms with Gasteiger partial charge in [-0.3, -0.25) is 14.6 Å². The molecule has 1 unspecified atom stereocenters. The predicted octanol–water partition coefficient (Wildman–Crippen LogP) is 2.72. The van der Waals surface area contributed by atoms with E-state index in [9.17, 15) is 23.5 Å². The van der Waals surface area contributed by atoms with E-state index in [0.717, 1.165) is 0 Å². The quantitative estimate of drug-likeness (QED) is 0.797. The van der Waals surface area contributed by atoms with E-state index in [2.05, 4.69) is 4.98 Å². The number of piperidine rings is 2. The Morgan fingerprint density at radius 1 is 1.10 bits per heavy atom. The summed E-state index contributed by atoms with van der Waals surface area (Å²) in [6.07, 6.45) is 4.65.